The fraction of sp³-hybridized carbons (Fsp3) is 0.250. The number of benzene rings is 3. The van der Waals surface area contributed by atoms with Crippen molar-refractivity contribution < 1.29 is 19.4 Å². The number of aromatic nitrogens is 2. The van der Waals surface area contributed by atoms with E-state index in [1.54, 1.807) is 0 Å². The van der Waals surface area contributed by atoms with Crippen LogP contribution in [0.5, 0.6) is 0 Å². The Balaban J connectivity index is 1.45. The minimum Gasteiger partial charge on any atom is -0.479 e. The molecule has 0 aliphatic rings. The molecule has 0 saturated heterocycles. The smallest absolute Gasteiger partial charge is 0.332 e. The molecule has 0 bridgehead atoms. The molecule has 174 valence electrons. The molecule has 3 aromatic carbocycles. The summed E-state index contributed by atoms with van der Waals surface area (Å²) in [6.45, 7) is 4.46. The molecular weight excluding hydrogens is 428 g/mol. The van der Waals surface area contributed by atoms with Gasteiger partial charge in [-0.2, -0.15) is 5.10 Å². The van der Waals surface area contributed by atoms with Gasteiger partial charge in [-0.05, 0) is 43.9 Å². The van der Waals surface area contributed by atoms with E-state index in [4.69, 9.17) is 14.9 Å². The van der Waals surface area contributed by atoms with E-state index in [-0.39, 0.29) is 12.4 Å². The number of nitrogens with zero attached hydrogens (tertiary/aromatic N) is 2. The molecule has 1 N–H and O–H groups in total. The van der Waals surface area contributed by atoms with Gasteiger partial charge in [0, 0.05) is 17.5 Å². The first-order valence-corrected chi connectivity index (χ1v) is 11.4. The monoisotopic (exact) mass is 456 g/mol. The van der Waals surface area contributed by atoms with Crippen LogP contribution < -0.4 is 0 Å². The normalized spacial score (nSPS) is 12.1. The van der Waals surface area contributed by atoms with E-state index in [1.165, 1.54) is 6.92 Å². The molecule has 4 aromatic rings. The Morgan fingerprint density at radius 3 is 2.50 bits per heavy atom. The van der Waals surface area contributed by atoms with Crippen LogP contribution in [0.25, 0.3) is 10.9 Å². The van der Waals surface area contributed by atoms with E-state index < -0.39 is 12.1 Å². The van der Waals surface area contributed by atoms with Crippen LogP contribution in [0.15, 0.2) is 72.8 Å². The average molecular weight is 457 g/mol. The van der Waals surface area contributed by atoms with Gasteiger partial charge in [-0.1, -0.05) is 72.3 Å². The highest BCUT2D eigenvalue weighted by molar-refractivity contribution is 6.14. The summed E-state index contributed by atoms with van der Waals surface area (Å²) in [4.78, 5) is 24.1. The summed E-state index contributed by atoms with van der Waals surface area (Å²) in [5.74, 6) is -1.04. The van der Waals surface area contributed by atoms with Gasteiger partial charge in [-0.15, -0.1) is 0 Å². The molecule has 6 heteroatoms. The summed E-state index contributed by atoms with van der Waals surface area (Å²) in [6, 6.07) is 23.4. The van der Waals surface area contributed by atoms with Crippen LogP contribution in [0.1, 0.15) is 46.1 Å². The van der Waals surface area contributed by atoms with Crippen LogP contribution in [0.2, 0.25) is 0 Å². The van der Waals surface area contributed by atoms with Crippen molar-refractivity contribution in [1.82, 2.24) is 9.78 Å². The van der Waals surface area contributed by atoms with Gasteiger partial charge in [0.1, 0.15) is 5.69 Å². The van der Waals surface area contributed by atoms with Crippen molar-refractivity contribution in [1.29, 1.82) is 0 Å². The first-order valence-electron chi connectivity index (χ1n) is 11.4. The van der Waals surface area contributed by atoms with Gasteiger partial charge in [-0.3, -0.25) is 9.48 Å². The van der Waals surface area contributed by atoms with Crippen LogP contribution in [-0.2, 0) is 29.1 Å². The number of aryl methyl sites for hydroxylation is 3. The molecule has 0 aliphatic carbocycles. The highest BCUT2D eigenvalue weighted by atomic mass is 16.5. The van der Waals surface area contributed by atoms with Crippen molar-refractivity contribution in [3.05, 3.63) is 101 Å². The molecule has 1 atom stereocenters. The first kappa shape index (κ1) is 23.4. The van der Waals surface area contributed by atoms with Gasteiger partial charge in [0.25, 0.3) is 0 Å². The number of carboxylic acid groups (broad SMARTS) is 1. The van der Waals surface area contributed by atoms with Crippen molar-refractivity contribution in [2.45, 2.75) is 45.9 Å². The number of para-hydroxylation sites is 1. The molecule has 0 unspecified atom stereocenters. The zero-order valence-corrected chi connectivity index (χ0v) is 19.4. The Morgan fingerprint density at radius 2 is 1.74 bits per heavy atom. The maximum Gasteiger partial charge on any atom is 0.332 e. The van der Waals surface area contributed by atoms with Crippen molar-refractivity contribution in [2.75, 3.05) is 0 Å². The van der Waals surface area contributed by atoms with Crippen LogP contribution in [0, 0.1) is 6.92 Å². The molecule has 0 radical (unpaired) electrons. The zero-order valence-electron chi connectivity index (χ0n) is 19.4. The minimum absolute atomic E-state index is 0.0711. The molecule has 6 nitrogen and oxygen atoms in total. The second kappa shape index (κ2) is 10.4. The third kappa shape index (κ3) is 5.41. The lowest BCUT2D eigenvalue weighted by molar-refractivity contribution is -0.149. The average Bonchev–Trinajstić information content (AvgIpc) is 3.21. The predicted octanol–water partition coefficient (Wildman–Crippen LogP) is 5.20. The molecule has 0 aliphatic heterocycles. The SMILES string of the molecule is Cc1ccc(C(=O)c2nn(CCCc3cccc(CO[C@H](C)C(=O)O)c3)c3ccccc23)cc1. The highest BCUT2D eigenvalue weighted by Crippen LogP contribution is 2.22. The van der Waals surface area contributed by atoms with E-state index in [0.29, 0.717) is 17.8 Å². The third-order valence-corrected chi connectivity index (χ3v) is 5.86. The molecule has 4 rings (SSSR count). The Kier molecular flexibility index (Phi) is 7.18. The van der Waals surface area contributed by atoms with Gasteiger partial charge in [0.2, 0.25) is 5.78 Å². The fourth-order valence-corrected chi connectivity index (χ4v) is 3.91. The van der Waals surface area contributed by atoms with Gasteiger partial charge in [-0.25, -0.2) is 4.79 Å². The highest BCUT2D eigenvalue weighted by Gasteiger charge is 2.18. The lowest BCUT2D eigenvalue weighted by Gasteiger charge is -2.10. The lowest BCUT2D eigenvalue weighted by atomic mass is 10.0. The molecule has 34 heavy (non-hydrogen) atoms. The second-order valence-corrected chi connectivity index (χ2v) is 8.50. The maximum atomic E-state index is 13.1. The Bertz CT molecular complexity index is 1310. The Hall–Kier alpha value is -3.77. The van der Waals surface area contributed by atoms with E-state index in [9.17, 15) is 9.59 Å². The number of hydrogen-bond donors (Lipinski definition) is 1. The molecular formula is C28H28N2O4. The number of carbonyl (C=O) groups excluding carboxylic acids is 1. The third-order valence-electron chi connectivity index (χ3n) is 5.86. The van der Waals surface area contributed by atoms with Gasteiger partial charge in [0.05, 0.1) is 12.1 Å². The minimum atomic E-state index is -0.970. The molecule has 0 saturated carbocycles. The maximum absolute atomic E-state index is 13.1. The summed E-state index contributed by atoms with van der Waals surface area (Å²) >= 11 is 0. The summed E-state index contributed by atoms with van der Waals surface area (Å²) in [6.07, 6.45) is 0.839. The number of ketones is 1. The molecule has 1 heterocycles. The molecule has 0 fully saturated rings. The number of carboxylic acids is 1. The number of aliphatic carboxylic acids is 1. The van der Waals surface area contributed by atoms with Crippen molar-refractivity contribution in [2.24, 2.45) is 0 Å². The van der Waals surface area contributed by atoms with Crippen LogP contribution in [0.3, 0.4) is 0 Å². The van der Waals surface area contributed by atoms with Gasteiger partial charge < -0.3 is 9.84 Å². The van der Waals surface area contributed by atoms with E-state index in [1.807, 2.05) is 78.3 Å². The number of carbonyl (C=O) groups is 2. The number of hydrogen-bond acceptors (Lipinski definition) is 4. The predicted molar refractivity (Wildman–Crippen MR) is 131 cm³/mol. The van der Waals surface area contributed by atoms with Crippen LogP contribution in [-0.4, -0.2) is 32.7 Å². The molecule has 1 aromatic heterocycles. The summed E-state index contributed by atoms with van der Waals surface area (Å²) in [5.41, 5.74) is 5.27. The number of rotatable bonds is 10. The van der Waals surface area contributed by atoms with E-state index in [0.717, 1.165) is 40.4 Å². The number of fused-ring (bicyclic) bond motifs is 1. The molecule has 0 spiro atoms. The summed E-state index contributed by atoms with van der Waals surface area (Å²) in [7, 11) is 0. The van der Waals surface area contributed by atoms with E-state index in [2.05, 4.69) is 6.07 Å². The molecule has 0 amide bonds. The summed E-state index contributed by atoms with van der Waals surface area (Å²) < 4.78 is 7.30. The Morgan fingerprint density at radius 1 is 1.00 bits per heavy atom. The quantitative estimate of drug-likeness (QED) is 0.332. The second-order valence-electron chi connectivity index (χ2n) is 8.50. The topological polar surface area (TPSA) is 81.4 Å². The van der Waals surface area contributed by atoms with E-state index >= 15 is 0 Å². The zero-order chi connectivity index (χ0) is 24.1. The van der Waals surface area contributed by atoms with Gasteiger partial charge in [0.15, 0.2) is 6.10 Å². The van der Waals surface area contributed by atoms with Crippen molar-refractivity contribution >= 4 is 22.7 Å². The fourth-order valence-electron chi connectivity index (χ4n) is 3.91. The van der Waals surface area contributed by atoms with Crippen LogP contribution >= 0.6 is 0 Å². The largest absolute Gasteiger partial charge is 0.479 e. The lowest BCUT2D eigenvalue weighted by Crippen LogP contribution is -2.19. The van der Waals surface area contributed by atoms with Gasteiger partial charge >= 0.3 is 5.97 Å². The Labute approximate surface area is 198 Å². The van der Waals surface area contributed by atoms with Crippen LogP contribution in [0.4, 0.5) is 0 Å². The number of ether oxygens (including phenoxy) is 1. The van der Waals surface area contributed by atoms with Crippen molar-refractivity contribution in [3.8, 4) is 0 Å². The first-order chi connectivity index (χ1) is 16.4. The standard InChI is InChI=1S/C28H28N2O4/c1-19-12-14-23(15-13-19)27(31)26-24-10-3-4-11-25(24)30(29-26)16-6-9-21-7-5-8-22(17-21)18-34-20(2)28(32)33/h3-5,7-8,10-15,17,20H,6,9,16,18H2,1-2H3,(H,32,33)/t20-/m1/s1. The van der Waals surface area contributed by atoms with Crippen molar-refractivity contribution in [3.63, 3.8) is 0 Å². The summed E-state index contributed by atoms with van der Waals surface area (Å²) in [5, 5.41) is 14.5.